The van der Waals surface area contributed by atoms with E-state index in [1.54, 1.807) is 11.1 Å². The molecule has 0 unspecified atom stereocenters. The summed E-state index contributed by atoms with van der Waals surface area (Å²) in [6, 6.07) is 0. The topological polar surface area (TPSA) is 0 Å². The van der Waals surface area contributed by atoms with Crippen LogP contribution in [0.4, 0.5) is 0 Å². The van der Waals surface area contributed by atoms with Crippen LogP contribution in [0.1, 0.15) is 50.7 Å². The van der Waals surface area contributed by atoms with Crippen molar-refractivity contribution in [2.24, 2.45) is 0 Å². The number of unbranched alkanes of at least 4 members (excludes halogenated alkanes) is 2. The molecule has 1 heterocycles. The Kier molecular flexibility index (Phi) is 6.48. The number of thiophene rings is 1. The van der Waals surface area contributed by atoms with Gasteiger partial charge < -0.3 is 0 Å². The summed E-state index contributed by atoms with van der Waals surface area (Å²) in [7, 11) is 0. The highest BCUT2D eigenvalue weighted by Gasteiger charge is 2.13. The van der Waals surface area contributed by atoms with Crippen LogP contribution < -0.4 is 0 Å². The van der Waals surface area contributed by atoms with E-state index in [9.17, 15) is 0 Å². The molecule has 0 aliphatic rings. The summed E-state index contributed by atoms with van der Waals surface area (Å²) >= 11 is 9.19. The molecule has 15 heavy (non-hydrogen) atoms. The van der Waals surface area contributed by atoms with E-state index >= 15 is 0 Å². The van der Waals surface area contributed by atoms with Crippen molar-refractivity contribution >= 4 is 43.2 Å². The van der Waals surface area contributed by atoms with Crippen molar-refractivity contribution in [1.82, 2.24) is 0 Å². The summed E-state index contributed by atoms with van der Waals surface area (Å²) in [5.74, 6) is 0. The third-order valence-electron chi connectivity index (χ3n) is 2.58. The van der Waals surface area contributed by atoms with E-state index in [2.05, 4.69) is 45.7 Å². The third kappa shape index (κ3) is 3.86. The zero-order valence-corrected chi connectivity index (χ0v) is 13.4. The van der Waals surface area contributed by atoms with E-state index in [0.717, 1.165) is 0 Å². The molecular formula is C12H18Br2S. The molecule has 1 aromatic rings. The Labute approximate surface area is 114 Å². The Morgan fingerprint density at radius 3 is 1.60 bits per heavy atom. The van der Waals surface area contributed by atoms with E-state index < -0.39 is 0 Å². The fourth-order valence-corrected chi connectivity index (χ4v) is 5.00. The predicted octanol–water partition coefficient (Wildman–Crippen LogP) is 5.96. The Balaban J connectivity index is 2.80. The molecule has 86 valence electrons. The molecule has 0 saturated carbocycles. The van der Waals surface area contributed by atoms with Gasteiger partial charge in [0.1, 0.15) is 0 Å². The molecule has 0 aromatic carbocycles. The van der Waals surface area contributed by atoms with Gasteiger partial charge in [-0.15, -0.1) is 11.3 Å². The first-order chi connectivity index (χ1) is 7.20. The standard InChI is InChI=1S/C12H18Br2S/c1-3-5-7-9-10(8-6-4-2)12(14)15-11(9)13/h3-8H2,1-2H3. The molecule has 1 rings (SSSR count). The van der Waals surface area contributed by atoms with Crippen LogP contribution in [0.5, 0.6) is 0 Å². The van der Waals surface area contributed by atoms with Crippen molar-refractivity contribution < 1.29 is 0 Å². The molecule has 0 radical (unpaired) electrons. The van der Waals surface area contributed by atoms with Crippen molar-refractivity contribution in [3.63, 3.8) is 0 Å². The van der Waals surface area contributed by atoms with Crippen LogP contribution in [-0.2, 0) is 12.8 Å². The molecule has 0 fully saturated rings. The van der Waals surface area contributed by atoms with Crippen molar-refractivity contribution in [2.75, 3.05) is 0 Å². The Morgan fingerprint density at radius 2 is 1.27 bits per heavy atom. The summed E-state index contributed by atoms with van der Waals surface area (Å²) in [5.41, 5.74) is 3.09. The van der Waals surface area contributed by atoms with E-state index in [0.29, 0.717) is 0 Å². The lowest BCUT2D eigenvalue weighted by atomic mass is 10.0. The second-order valence-corrected chi connectivity index (χ2v) is 7.47. The molecule has 0 bridgehead atoms. The third-order valence-corrected chi connectivity index (χ3v) is 5.36. The summed E-state index contributed by atoms with van der Waals surface area (Å²) in [6.07, 6.45) is 7.57. The fourth-order valence-electron chi connectivity index (χ4n) is 1.64. The zero-order valence-electron chi connectivity index (χ0n) is 9.41. The smallest absolute Gasteiger partial charge is 0.0745 e. The summed E-state index contributed by atoms with van der Waals surface area (Å²) in [6.45, 7) is 4.50. The van der Waals surface area contributed by atoms with Gasteiger partial charge in [0.05, 0.1) is 7.57 Å². The molecule has 1 aromatic heterocycles. The minimum atomic E-state index is 1.22. The summed E-state index contributed by atoms with van der Waals surface area (Å²) < 4.78 is 2.66. The van der Waals surface area contributed by atoms with Gasteiger partial charge in [-0.1, -0.05) is 26.7 Å². The highest BCUT2D eigenvalue weighted by Crippen LogP contribution is 2.38. The van der Waals surface area contributed by atoms with E-state index in [1.165, 1.54) is 46.1 Å². The lowest BCUT2D eigenvalue weighted by Crippen LogP contribution is -1.92. The minimum absolute atomic E-state index is 1.22. The summed E-state index contributed by atoms with van der Waals surface area (Å²) in [4.78, 5) is 0. The molecule has 0 amide bonds. The molecule has 0 aliphatic heterocycles. The van der Waals surface area contributed by atoms with E-state index in [-0.39, 0.29) is 0 Å². The van der Waals surface area contributed by atoms with E-state index in [4.69, 9.17) is 0 Å². The number of hydrogen-bond donors (Lipinski definition) is 0. The number of halogens is 2. The maximum Gasteiger partial charge on any atom is 0.0745 e. The van der Waals surface area contributed by atoms with Gasteiger partial charge in [-0.25, -0.2) is 0 Å². The first-order valence-corrected chi connectivity index (χ1v) is 8.06. The second-order valence-electron chi connectivity index (χ2n) is 3.81. The summed E-state index contributed by atoms with van der Waals surface area (Å²) in [5, 5.41) is 0. The maximum atomic E-state index is 3.68. The first-order valence-electron chi connectivity index (χ1n) is 5.66. The van der Waals surface area contributed by atoms with Crippen molar-refractivity contribution in [3.8, 4) is 0 Å². The van der Waals surface area contributed by atoms with Gasteiger partial charge in [-0.05, 0) is 68.7 Å². The van der Waals surface area contributed by atoms with Crippen molar-refractivity contribution in [2.45, 2.75) is 52.4 Å². The van der Waals surface area contributed by atoms with Gasteiger partial charge in [0.25, 0.3) is 0 Å². The van der Waals surface area contributed by atoms with Crippen molar-refractivity contribution in [3.05, 3.63) is 18.7 Å². The largest absolute Gasteiger partial charge is 0.121 e. The minimum Gasteiger partial charge on any atom is -0.121 e. The van der Waals surface area contributed by atoms with Crippen LogP contribution in [0.2, 0.25) is 0 Å². The average Bonchev–Trinajstić information content (AvgIpc) is 2.47. The maximum absolute atomic E-state index is 3.68. The normalized spacial score (nSPS) is 10.9. The van der Waals surface area contributed by atoms with Crippen molar-refractivity contribution in [1.29, 1.82) is 0 Å². The quantitative estimate of drug-likeness (QED) is 0.591. The Morgan fingerprint density at radius 1 is 0.867 bits per heavy atom. The van der Waals surface area contributed by atoms with E-state index in [1.807, 2.05) is 11.3 Å². The highest BCUT2D eigenvalue weighted by atomic mass is 79.9. The number of rotatable bonds is 6. The molecule has 0 atom stereocenters. The Hall–Kier alpha value is 0.660. The monoisotopic (exact) mass is 352 g/mol. The van der Waals surface area contributed by atoms with Crippen LogP contribution in [0.3, 0.4) is 0 Å². The van der Waals surface area contributed by atoms with Crippen LogP contribution in [0.25, 0.3) is 0 Å². The van der Waals surface area contributed by atoms with Gasteiger partial charge in [-0.2, -0.15) is 0 Å². The lowest BCUT2D eigenvalue weighted by molar-refractivity contribution is 0.759. The van der Waals surface area contributed by atoms with Crippen LogP contribution in [0.15, 0.2) is 7.57 Å². The predicted molar refractivity (Wildman–Crippen MR) is 76.9 cm³/mol. The molecule has 0 N–H and O–H groups in total. The second kappa shape index (κ2) is 7.08. The first kappa shape index (κ1) is 13.7. The van der Waals surface area contributed by atoms with Gasteiger partial charge >= 0.3 is 0 Å². The van der Waals surface area contributed by atoms with Gasteiger partial charge in [-0.3, -0.25) is 0 Å². The van der Waals surface area contributed by atoms with Crippen LogP contribution >= 0.6 is 43.2 Å². The molecule has 0 nitrogen and oxygen atoms in total. The Bertz CT molecular complexity index is 276. The lowest BCUT2D eigenvalue weighted by Gasteiger charge is -2.04. The number of hydrogen-bond acceptors (Lipinski definition) is 1. The zero-order chi connectivity index (χ0) is 11.3. The molecule has 0 aliphatic carbocycles. The SMILES string of the molecule is CCCCc1c(Br)sc(Br)c1CCCC. The van der Waals surface area contributed by atoms with Gasteiger partial charge in [0.15, 0.2) is 0 Å². The fraction of sp³-hybridized carbons (Fsp3) is 0.667. The molecular weight excluding hydrogens is 336 g/mol. The highest BCUT2D eigenvalue weighted by molar-refractivity contribution is 9.12. The molecule has 0 saturated heterocycles. The molecule has 0 spiro atoms. The van der Waals surface area contributed by atoms with Gasteiger partial charge in [0, 0.05) is 0 Å². The van der Waals surface area contributed by atoms with Crippen LogP contribution in [-0.4, -0.2) is 0 Å². The van der Waals surface area contributed by atoms with Gasteiger partial charge in [0.2, 0.25) is 0 Å². The van der Waals surface area contributed by atoms with Crippen LogP contribution in [0, 0.1) is 0 Å². The molecule has 3 heteroatoms. The average molecular weight is 354 g/mol.